The minimum atomic E-state index is -4.96. The van der Waals surface area contributed by atoms with Gasteiger partial charge in [0.1, 0.15) is 19.3 Å². The van der Waals surface area contributed by atoms with Crippen LogP contribution in [0.2, 0.25) is 0 Å². The Labute approximate surface area is 580 Å². The molecule has 0 aromatic rings. The molecule has 19 heteroatoms. The van der Waals surface area contributed by atoms with Gasteiger partial charge in [-0.3, -0.25) is 37.3 Å². The van der Waals surface area contributed by atoms with Crippen LogP contribution in [0, 0.1) is 5.92 Å². The second kappa shape index (κ2) is 68.7. The van der Waals surface area contributed by atoms with E-state index in [1.54, 1.807) is 0 Å². The molecular formula is C76H144O17P2. The standard InChI is InChI=1S/C76H144O17P2/c1-6-9-12-15-17-19-21-23-25-26-30-33-37-41-45-50-55-60-74(79)87-66-72(93-76(81)62-57-52-47-43-39-35-31-27-29-32-36-40-44-49-53-58-69(4)5)68-91-95(84,85)89-64-70(77)63-88-94(82,83)90-67-71(65-86-73(78)59-54-48-14-11-8-3)92-75(80)61-56-51-46-42-38-34-28-24-22-20-18-16-13-10-7-2/h20,22,24,28,69-72,77H,6-19,21,23,25-27,29-68H2,1-5H3,(H,82,83)(H,84,85)/b22-20-,28-24-/t70-,71+,72+/m0/s1. The zero-order valence-corrected chi connectivity index (χ0v) is 63.1. The number of aliphatic hydroxyl groups is 1. The molecule has 0 saturated carbocycles. The minimum Gasteiger partial charge on any atom is -0.462 e. The van der Waals surface area contributed by atoms with Crippen molar-refractivity contribution in [1.82, 2.24) is 0 Å². The van der Waals surface area contributed by atoms with Crippen LogP contribution in [-0.4, -0.2) is 96.7 Å². The molecule has 0 aliphatic heterocycles. The van der Waals surface area contributed by atoms with Crippen LogP contribution in [0.3, 0.4) is 0 Å². The highest BCUT2D eigenvalue weighted by Crippen LogP contribution is 2.45. The fraction of sp³-hybridized carbons (Fsp3) is 0.895. The number of unbranched alkanes of at least 4 members (excludes halogenated alkanes) is 43. The van der Waals surface area contributed by atoms with Crippen molar-refractivity contribution >= 4 is 39.5 Å². The topological polar surface area (TPSA) is 237 Å². The first-order valence-corrected chi connectivity index (χ1v) is 41.9. The summed E-state index contributed by atoms with van der Waals surface area (Å²) in [6, 6.07) is 0. The Kier molecular flexibility index (Phi) is 66.9. The van der Waals surface area contributed by atoms with Crippen LogP contribution in [-0.2, 0) is 65.4 Å². The van der Waals surface area contributed by atoms with Crippen molar-refractivity contribution in [2.24, 2.45) is 5.92 Å². The number of carbonyl (C=O) groups is 4. The van der Waals surface area contributed by atoms with E-state index in [4.69, 9.17) is 37.0 Å². The van der Waals surface area contributed by atoms with Gasteiger partial charge in [0.25, 0.3) is 0 Å². The van der Waals surface area contributed by atoms with E-state index in [0.29, 0.717) is 25.7 Å². The summed E-state index contributed by atoms with van der Waals surface area (Å²) in [5.74, 6) is -1.35. The molecule has 0 heterocycles. The fourth-order valence-electron chi connectivity index (χ4n) is 11.2. The summed E-state index contributed by atoms with van der Waals surface area (Å²) in [7, 11) is -9.91. The summed E-state index contributed by atoms with van der Waals surface area (Å²) in [6.45, 7) is 7.16. The number of esters is 4. The van der Waals surface area contributed by atoms with Crippen LogP contribution in [0.5, 0.6) is 0 Å². The van der Waals surface area contributed by atoms with Crippen LogP contribution < -0.4 is 0 Å². The lowest BCUT2D eigenvalue weighted by molar-refractivity contribution is -0.161. The maximum Gasteiger partial charge on any atom is 0.472 e. The molecule has 0 aromatic heterocycles. The molecule has 0 aromatic carbocycles. The Morgan fingerprint density at radius 1 is 0.326 bits per heavy atom. The molecule has 3 N–H and O–H groups in total. The number of rotatable bonds is 74. The lowest BCUT2D eigenvalue weighted by Gasteiger charge is -2.21. The zero-order valence-electron chi connectivity index (χ0n) is 61.3. The van der Waals surface area contributed by atoms with Gasteiger partial charge in [-0.15, -0.1) is 0 Å². The summed E-state index contributed by atoms with van der Waals surface area (Å²) in [6.07, 6.45) is 60.9. The number of hydrogen-bond donors (Lipinski definition) is 3. The lowest BCUT2D eigenvalue weighted by atomic mass is 10.0. The summed E-state index contributed by atoms with van der Waals surface area (Å²) in [5, 5.41) is 10.6. The van der Waals surface area contributed by atoms with Crippen molar-refractivity contribution in [3.8, 4) is 0 Å². The molecule has 17 nitrogen and oxygen atoms in total. The van der Waals surface area contributed by atoms with E-state index in [2.05, 4.69) is 58.9 Å². The van der Waals surface area contributed by atoms with Crippen molar-refractivity contribution in [2.45, 2.75) is 393 Å². The zero-order chi connectivity index (χ0) is 69.8. The van der Waals surface area contributed by atoms with Crippen molar-refractivity contribution in [1.29, 1.82) is 0 Å². The first kappa shape index (κ1) is 92.5. The molecule has 0 fully saturated rings. The number of allylic oxidation sites excluding steroid dienone is 4. The first-order valence-electron chi connectivity index (χ1n) is 39.0. The summed E-state index contributed by atoms with van der Waals surface area (Å²) in [4.78, 5) is 72.5. The van der Waals surface area contributed by atoms with Gasteiger partial charge in [0.05, 0.1) is 26.4 Å². The number of hydrogen-bond acceptors (Lipinski definition) is 15. The molecule has 0 aliphatic carbocycles. The minimum absolute atomic E-state index is 0.0844. The third kappa shape index (κ3) is 69.8. The molecule has 0 amide bonds. The maximum atomic E-state index is 13.1. The van der Waals surface area contributed by atoms with Crippen molar-refractivity contribution in [2.75, 3.05) is 39.6 Å². The Morgan fingerprint density at radius 2 is 0.568 bits per heavy atom. The molecule has 0 radical (unpaired) electrons. The molecule has 0 bridgehead atoms. The highest BCUT2D eigenvalue weighted by atomic mass is 31.2. The summed E-state index contributed by atoms with van der Waals surface area (Å²) < 4.78 is 68.3. The predicted molar refractivity (Wildman–Crippen MR) is 386 cm³/mol. The molecule has 0 rings (SSSR count). The highest BCUT2D eigenvalue weighted by Gasteiger charge is 2.30. The van der Waals surface area contributed by atoms with Crippen LogP contribution in [0.1, 0.15) is 375 Å². The SMILES string of the molecule is CCCCCC/C=C\C=C/CCCCCCCC(=O)O[C@H](COC(=O)CCCCCCC)COP(=O)(O)OC[C@H](O)COP(=O)(O)OC[C@@H](COC(=O)CCCCCCCCCCCCCCCCCCC)OC(=O)CCCCCCCCCCCCCCCCCC(C)C. The van der Waals surface area contributed by atoms with Gasteiger partial charge in [0, 0.05) is 25.7 Å². The maximum absolute atomic E-state index is 13.1. The van der Waals surface area contributed by atoms with Gasteiger partial charge in [-0.1, -0.05) is 322 Å². The molecule has 0 saturated heterocycles. The van der Waals surface area contributed by atoms with E-state index >= 15 is 0 Å². The number of phosphoric acid groups is 2. The molecule has 2 unspecified atom stereocenters. The number of phosphoric ester groups is 2. The number of carbonyl (C=O) groups excluding carboxylic acids is 4. The van der Waals surface area contributed by atoms with Gasteiger partial charge in [-0.2, -0.15) is 0 Å². The number of ether oxygens (including phenoxy) is 4. The van der Waals surface area contributed by atoms with Crippen molar-refractivity contribution in [3.05, 3.63) is 24.3 Å². The van der Waals surface area contributed by atoms with Crippen LogP contribution >= 0.6 is 15.6 Å². The van der Waals surface area contributed by atoms with E-state index in [9.17, 15) is 43.2 Å². The van der Waals surface area contributed by atoms with Crippen molar-refractivity contribution in [3.63, 3.8) is 0 Å². The second-order valence-corrected chi connectivity index (χ2v) is 30.1. The average Bonchev–Trinajstić information content (AvgIpc) is 1.55. The normalized spacial score (nSPS) is 14.1. The first-order chi connectivity index (χ1) is 46.0. The lowest BCUT2D eigenvalue weighted by Crippen LogP contribution is -2.30. The molecule has 0 aliphatic rings. The third-order valence-electron chi connectivity index (χ3n) is 17.2. The van der Waals surface area contributed by atoms with Gasteiger partial charge >= 0.3 is 39.5 Å². The third-order valence-corrected chi connectivity index (χ3v) is 19.1. The summed E-state index contributed by atoms with van der Waals surface area (Å²) in [5.41, 5.74) is 0. The Morgan fingerprint density at radius 3 is 0.863 bits per heavy atom. The Bertz CT molecular complexity index is 1920. The van der Waals surface area contributed by atoms with E-state index < -0.39 is 97.5 Å². The monoisotopic (exact) mass is 1390 g/mol. The highest BCUT2D eigenvalue weighted by molar-refractivity contribution is 7.47. The van der Waals surface area contributed by atoms with Gasteiger partial charge in [-0.25, -0.2) is 9.13 Å². The number of aliphatic hydroxyl groups excluding tert-OH is 1. The quantitative estimate of drug-likeness (QED) is 0.0169. The van der Waals surface area contributed by atoms with Gasteiger partial charge < -0.3 is 33.8 Å². The van der Waals surface area contributed by atoms with Crippen LogP contribution in [0.4, 0.5) is 0 Å². The molecular weight excluding hydrogens is 1250 g/mol. The molecule has 95 heavy (non-hydrogen) atoms. The molecule has 5 atom stereocenters. The van der Waals surface area contributed by atoms with Crippen LogP contribution in [0.15, 0.2) is 24.3 Å². The van der Waals surface area contributed by atoms with Crippen molar-refractivity contribution < 1.29 is 80.2 Å². The van der Waals surface area contributed by atoms with E-state index in [-0.39, 0.29) is 25.7 Å². The fourth-order valence-corrected chi connectivity index (χ4v) is 12.7. The largest absolute Gasteiger partial charge is 0.472 e. The smallest absolute Gasteiger partial charge is 0.462 e. The van der Waals surface area contributed by atoms with E-state index in [1.807, 2.05) is 0 Å². The predicted octanol–water partition coefficient (Wildman–Crippen LogP) is 22.0. The Balaban J connectivity index is 5.17. The van der Waals surface area contributed by atoms with Gasteiger partial charge in [-0.05, 0) is 57.3 Å². The van der Waals surface area contributed by atoms with E-state index in [1.165, 1.54) is 180 Å². The van der Waals surface area contributed by atoms with Gasteiger partial charge in [0.15, 0.2) is 12.2 Å². The second-order valence-electron chi connectivity index (χ2n) is 27.2. The van der Waals surface area contributed by atoms with E-state index in [0.717, 1.165) is 115 Å². The molecule has 560 valence electrons. The van der Waals surface area contributed by atoms with Gasteiger partial charge in [0.2, 0.25) is 0 Å². The average molecular weight is 1390 g/mol. The summed E-state index contributed by atoms with van der Waals surface area (Å²) >= 11 is 0. The molecule has 0 spiro atoms. The van der Waals surface area contributed by atoms with Crippen LogP contribution in [0.25, 0.3) is 0 Å². The Hall–Kier alpha value is -2.46.